The Morgan fingerprint density at radius 2 is 1.75 bits per heavy atom. The van der Waals surface area contributed by atoms with Gasteiger partial charge in [-0.05, 0) is 19.1 Å². The van der Waals surface area contributed by atoms with E-state index in [0.29, 0.717) is 49.5 Å². The van der Waals surface area contributed by atoms with E-state index in [1.165, 1.54) is 11.6 Å². The highest BCUT2D eigenvalue weighted by Crippen LogP contribution is 2.22. The third-order valence-electron chi connectivity index (χ3n) is 5.99. The fraction of sp³-hybridized carbons (Fsp3) is 0.240. The maximum Gasteiger partial charge on any atom is 0.259 e. The second-order valence-corrected chi connectivity index (χ2v) is 8.15. The Kier molecular flexibility index (Phi) is 5.41. The van der Waals surface area contributed by atoms with Gasteiger partial charge in [0.05, 0.1) is 11.9 Å². The van der Waals surface area contributed by atoms with Crippen LogP contribution in [-0.2, 0) is 6.54 Å². The molecule has 0 saturated carbocycles. The molecule has 4 aromatic rings. The first-order valence-corrected chi connectivity index (χ1v) is 10.7. The summed E-state index contributed by atoms with van der Waals surface area (Å²) in [7, 11) is 0. The van der Waals surface area contributed by atoms with Crippen molar-refractivity contribution >= 4 is 11.6 Å². The lowest BCUT2D eigenvalue weighted by Crippen LogP contribution is -2.48. The molecule has 1 aliphatic rings. The van der Waals surface area contributed by atoms with Gasteiger partial charge in [0.2, 0.25) is 0 Å². The third-order valence-corrected chi connectivity index (χ3v) is 5.99. The van der Waals surface area contributed by atoms with Crippen LogP contribution >= 0.6 is 0 Å². The maximum absolute atomic E-state index is 14.0. The largest absolute Gasteiger partial charge is 0.336 e. The number of benzene rings is 2. The molecule has 0 N–H and O–H groups in total. The number of aryl methyl sites for hydroxylation is 1. The van der Waals surface area contributed by atoms with Crippen LogP contribution in [0.5, 0.6) is 0 Å². The number of fused-ring (bicyclic) bond motifs is 1. The summed E-state index contributed by atoms with van der Waals surface area (Å²) in [5.41, 5.74) is 4.84. The molecule has 32 heavy (non-hydrogen) atoms. The van der Waals surface area contributed by atoms with Crippen LogP contribution < -0.4 is 0 Å². The van der Waals surface area contributed by atoms with Crippen LogP contribution in [-0.4, -0.2) is 56.5 Å². The molecule has 0 radical (unpaired) electrons. The van der Waals surface area contributed by atoms with Gasteiger partial charge >= 0.3 is 0 Å². The molecule has 0 atom stereocenters. The van der Waals surface area contributed by atoms with Crippen molar-refractivity contribution in [1.82, 2.24) is 24.4 Å². The van der Waals surface area contributed by atoms with E-state index in [2.05, 4.69) is 27.1 Å². The normalized spacial score (nSPS) is 14.8. The topological polar surface area (TPSA) is 53.7 Å². The van der Waals surface area contributed by atoms with Crippen LogP contribution in [0.15, 0.2) is 67.0 Å². The lowest BCUT2D eigenvalue weighted by molar-refractivity contribution is 0.0628. The van der Waals surface area contributed by atoms with Crippen LogP contribution in [0.1, 0.15) is 21.5 Å². The lowest BCUT2D eigenvalue weighted by Gasteiger charge is -2.34. The molecule has 0 unspecified atom stereocenters. The van der Waals surface area contributed by atoms with Crippen molar-refractivity contribution in [3.05, 3.63) is 89.5 Å². The number of carbonyl (C=O) groups excluding carboxylic acids is 1. The van der Waals surface area contributed by atoms with Crippen molar-refractivity contribution in [2.75, 3.05) is 26.2 Å². The zero-order valence-electron chi connectivity index (χ0n) is 17.9. The minimum absolute atomic E-state index is 0.0703. The SMILES string of the molecule is Cc1ccc(-c2ccnc3c(C(=O)N4CCN(Cc5ccccc5F)CC4)cnn23)cc1. The maximum atomic E-state index is 14.0. The second kappa shape index (κ2) is 8.51. The summed E-state index contributed by atoms with van der Waals surface area (Å²) in [5.74, 6) is -0.257. The van der Waals surface area contributed by atoms with E-state index in [1.54, 1.807) is 23.0 Å². The first-order valence-electron chi connectivity index (χ1n) is 10.7. The average Bonchev–Trinajstić information content (AvgIpc) is 3.26. The second-order valence-electron chi connectivity index (χ2n) is 8.15. The fourth-order valence-electron chi connectivity index (χ4n) is 4.13. The summed E-state index contributed by atoms with van der Waals surface area (Å²) in [4.78, 5) is 21.7. The van der Waals surface area contributed by atoms with Crippen molar-refractivity contribution in [3.8, 4) is 11.3 Å². The van der Waals surface area contributed by atoms with Gasteiger partial charge in [-0.2, -0.15) is 5.10 Å². The summed E-state index contributed by atoms with van der Waals surface area (Å²) in [6.07, 6.45) is 3.32. The van der Waals surface area contributed by atoms with E-state index in [1.807, 2.05) is 42.2 Å². The lowest BCUT2D eigenvalue weighted by atomic mass is 10.1. The Balaban J connectivity index is 1.32. The van der Waals surface area contributed by atoms with E-state index < -0.39 is 0 Å². The summed E-state index contributed by atoms with van der Waals surface area (Å²) in [5, 5.41) is 4.47. The predicted molar refractivity (Wildman–Crippen MR) is 121 cm³/mol. The quantitative estimate of drug-likeness (QED) is 0.495. The van der Waals surface area contributed by atoms with Crippen LogP contribution in [0.4, 0.5) is 4.39 Å². The molecular formula is C25H24FN5O. The number of piperazine rings is 1. The molecule has 1 aliphatic heterocycles. The van der Waals surface area contributed by atoms with E-state index in [0.717, 1.165) is 11.3 Å². The average molecular weight is 429 g/mol. The highest BCUT2D eigenvalue weighted by atomic mass is 19.1. The van der Waals surface area contributed by atoms with Gasteiger partial charge in [0.15, 0.2) is 5.65 Å². The van der Waals surface area contributed by atoms with Gasteiger partial charge in [-0.15, -0.1) is 0 Å². The Bertz CT molecular complexity index is 1260. The molecular weight excluding hydrogens is 405 g/mol. The molecule has 5 rings (SSSR count). The molecule has 2 aromatic carbocycles. The summed E-state index contributed by atoms with van der Waals surface area (Å²) in [6.45, 7) is 5.16. The molecule has 7 heteroatoms. The van der Waals surface area contributed by atoms with E-state index in [9.17, 15) is 9.18 Å². The Morgan fingerprint density at radius 3 is 2.50 bits per heavy atom. The molecule has 0 bridgehead atoms. The number of aromatic nitrogens is 3. The molecule has 0 aliphatic carbocycles. The molecule has 1 saturated heterocycles. The van der Waals surface area contributed by atoms with Gasteiger partial charge in [-0.25, -0.2) is 13.9 Å². The highest BCUT2D eigenvalue weighted by Gasteiger charge is 2.25. The minimum atomic E-state index is -0.187. The van der Waals surface area contributed by atoms with Crippen LogP contribution in [0, 0.1) is 12.7 Å². The monoisotopic (exact) mass is 429 g/mol. The zero-order valence-corrected chi connectivity index (χ0v) is 17.9. The number of nitrogens with zero attached hydrogens (tertiary/aromatic N) is 5. The Labute approximate surface area is 185 Å². The zero-order chi connectivity index (χ0) is 22.1. The molecule has 1 fully saturated rings. The minimum Gasteiger partial charge on any atom is -0.336 e. The smallest absolute Gasteiger partial charge is 0.259 e. The van der Waals surface area contributed by atoms with Crippen molar-refractivity contribution in [2.24, 2.45) is 0 Å². The first-order chi connectivity index (χ1) is 15.6. The molecule has 162 valence electrons. The predicted octanol–water partition coefficient (Wildman–Crippen LogP) is 3.80. The Morgan fingerprint density at radius 1 is 1.00 bits per heavy atom. The van der Waals surface area contributed by atoms with E-state index >= 15 is 0 Å². The van der Waals surface area contributed by atoms with Gasteiger partial charge in [0, 0.05) is 50.0 Å². The number of hydrogen-bond donors (Lipinski definition) is 0. The van der Waals surface area contributed by atoms with Gasteiger partial charge in [-0.3, -0.25) is 9.69 Å². The van der Waals surface area contributed by atoms with Crippen LogP contribution in [0.25, 0.3) is 16.9 Å². The van der Waals surface area contributed by atoms with Gasteiger partial charge < -0.3 is 4.90 Å². The first kappa shape index (κ1) is 20.3. The molecule has 2 aromatic heterocycles. The summed E-state index contributed by atoms with van der Waals surface area (Å²) in [6, 6.07) is 16.9. The number of amides is 1. The number of rotatable bonds is 4. The fourth-order valence-corrected chi connectivity index (χ4v) is 4.13. The number of carbonyl (C=O) groups is 1. The van der Waals surface area contributed by atoms with Crippen molar-refractivity contribution in [2.45, 2.75) is 13.5 Å². The molecule has 6 nitrogen and oxygen atoms in total. The molecule has 1 amide bonds. The molecule has 3 heterocycles. The van der Waals surface area contributed by atoms with E-state index in [-0.39, 0.29) is 11.7 Å². The van der Waals surface area contributed by atoms with Crippen molar-refractivity contribution in [3.63, 3.8) is 0 Å². The van der Waals surface area contributed by atoms with Gasteiger partial charge in [0.1, 0.15) is 11.4 Å². The Hall–Kier alpha value is -3.58. The van der Waals surface area contributed by atoms with Crippen molar-refractivity contribution in [1.29, 1.82) is 0 Å². The standard InChI is InChI=1S/C25H24FN5O/c1-18-6-8-19(9-7-18)23-10-11-27-24-21(16-28-31(23)24)25(32)30-14-12-29(13-15-30)17-20-4-2-3-5-22(20)26/h2-11,16H,12-15,17H2,1H3. The van der Waals surface area contributed by atoms with Crippen LogP contribution in [0.2, 0.25) is 0 Å². The number of halogens is 1. The van der Waals surface area contributed by atoms with Gasteiger partial charge in [-0.1, -0.05) is 48.0 Å². The summed E-state index contributed by atoms with van der Waals surface area (Å²) >= 11 is 0. The highest BCUT2D eigenvalue weighted by molar-refractivity contribution is 6.00. The van der Waals surface area contributed by atoms with Crippen molar-refractivity contribution < 1.29 is 9.18 Å². The van der Waals surface area contributed by atoms with Crippen LogP contribution in [0.3, 0.4) is 0 Å². The van der Waals surface area contributed by atoms with E-state index in [4.69, 9.17) is 0 Å². The molecule has 0 spiro atoms. The third kappa shape index (κ3) is 3.87. The number of hydrogen-bond acceptors (Lipinski definition) is 4. The summed E-state index contributed by atoms with van der Waals surface area (Å²) < 4.78 is 15.7. The van der Waals surface area contributed by atoms with Gasteiger partial charge in [0.25, 0.3) is 5.91 Å².